The molecule has 0 aliphatic heterocycles. The number of rotatable bonds is 5. The molecule has 0 unspecified atom stereocenters. The lowest BCUT2D eigenvalue weighted by atomic mass is 10.2. The van der Waals surface area contributed by atoms with Crippen molar-refractivity contribution in [2.75, 3.05) is 20.4 Å². The van der Waals surface area contributed by atoms with Crippen LogP contribution in [0.25, 0.3) is 0 Å². The minimum absolute atomic E-state index is 0.0265. The van der Waals surface area contributed by atoms with Crippen molar-refractivity contribution in [3.05, 3.63) is 46.7 Å². The Bertz CT molecular complexity index is 982. The number of carbonyl (C=O) groups excluding carboxylic acids is 2. The molecule has 0 fully saturated rings. The summed E-state index contributed by atoms with van der Waals surface area (Å²) in [6.45, 7) is 0. The second-order valence-electron chi connectivity index (χ2n) is 5.28. The van der Waals surface area contributed by atoms with E-state index in [1.807, 2.05) is 0 Å². The number of benzene rings is 1. The number of carbonyl (C=O) groups is 2. The van der Waals surface area contributed by atoms with E-state index in [1.54, 1.807) is 6.26 Å². The van der Waals surface area contributed by atoms with E-state index in [9.17, 15) is 18.0 Å². The maximum Gasteiger partial charge on any atom is 0.289 e. The SMILES string of the molecule is CSc1ncc(Cl)c(C(=O)NNC(=O)c2cccc(S(=O)(=O)N(C)C)c2)n1. The molecule has 1 heterocycles. The molecule has 12 heteroatoms. The fraction of sp³-hybridized carbons (Fsp3) is 0.200. The van der Waals surface area contributed by atoms with Crippen molar-refractivity contribution in [1.29, 1.82) is 0 Å². The molecular weight excluding hydrogens is 414 g/mol. The topological polar surface area (TPSA) is 121 Å². The molecule has 2 rings (SSSR count). The van der Waals surface area contributed by atoms with Gasteiger partial charge in [-0.2, -0.15) is 0 Å². The first kappa shape index (κ1) is 21.1. The predicted molar refractivity (Wildman–Crippen MR) is 101 cm³/mol. The zero-order valence-corrected chi connectivity index (χ0v) is 16.9. The van der Waals surface area contributed by atoms with Gasteiger partial charge in [0.2, 0.25) is 10.0 Å². The van der Waals surface area contributed by atoms with Crippen molar-refractivity contribution in [3.8, 4) is 0 Å². The molecule has 9 nitrogen and oxygen atoms in total. The summed E-state index contributed by atoms with van der Waals surface area (Å²) in [4.78, 5) is 32.3. The lowest BCUT2D eigenvalue weighted by molar-refractivity contribution is 0.0843. The number of aromatic nitrogens is 2. The Kier molecular flexibility index (Phi) is 6.76. The first-order valence-electron chi connectivity index (χ1n) is 7.36. The molecule has 1 aromatic heterocycles. The summed E-state index contributed by atoms with van der Waals surface area (Å²) < 4.78 is 25.3. The van der Waals surface area contributed by atoms with Crippen LogP contribution in [-0.2, 0) is 10.0 Å². The van der Waals surface area contributed by atoms with Gasteiger partial charge >= 0.3 is 0 Å². The average molecular weight is 430 g/mol. The molecule has 2 N–H and O–H groups in total. The fourth-order valence-corrected chi connectivity index (χ4v) is 3.33. The van der Waals surface area contributed by atoms with Gasteiger partial charge in [0.05, 0.1) is 16.1 Å². The van der Waals surface area contributed by atoms with Crippen molar-refractivity contribution in [2.24, 2.45) is 0 Å². The minimum atomic E-state index is -3.69. The van der Waals surface area contributed by atoms with Crippen molar-refractivity contribution < 1.29 is 18.0 Å². The van der Waals surface area contributed by atoms with Gasteiger partial charge in [0.15, 0.2) is 10.9 Å². The minimum Gasteiger partial charge on any atom is -0.267 e. The van der Waals surface area contributed by atoms with Gasteiger partial charge in [0.25, 0.3) is 11.8 Å². The van der Waals surface area contributed by atoms with Gasteiger partial charge in [-0.25, -0.2) is 22.7 Å². The van der Waals surface area contributed by atoms with E-state index in [4.69, 9.17) is 11.6 Å². The Morgan fingerprint density at radius 3 is 2.48 bits per heavy atom. The van der Waals surface area contributed by atoms with Gasteiger partial charge in [-0.1, -0.05) is 29.4 Å². The molecule has 0 bridgehead atoms. The molecule has 27 heavy (non-hydrogen) atoms. The van der Waals surface area contributed by atoms with Crippen molar-refractivity contribution in [2.45, 2.75) is 10.1 Å². The zero-order valence-electron chi connectivity index (χ0n) is 14.6. The standard InChI is InChI=1S/C15H16ClN5O4S2/c1-21(2)27(24,25)10-6-4-5-9(7-10)13(22)19-20-14(23)12-11(16)8-17-15(18-12)26-3/h4-8H,1-3H3,(H,19,22)(H,20,23). The molecule has 0 atom stereocenters. The van der Waals surface area contributed by atoms with Crippen LogP contribution in [-0.4, -0.2) is 54.9 Å². The Morgan fingerprint density at radius 2 is 1.85 bits per heavy atom. The molecule has 2 amide bonds. The number of sulfonamides is 1. The molecule has 0 saturated carbocycles. The highest BCUT2D eigenvalue weighted by molar-refractivity contribution is 7.98. The first-order valence-corrected chi connectivity index (χ1v) is 10.4. The van der Waals surface area contributed by atoms with Gasteiger partial charge < -0.3 is 0 Å². The van der Waals surface area contributed by atoms with Crippen LogP contribution in [0.5, 0.6) is 0 Å². The van der Waals surface area contributed by atoms with E-state index in [0.717, 1.165) is 4.31 Å². The van der Waals surface area contributed by atoms with Crippen LogP contribution >= 0.6 is 23.4 Å². The first-order chi connectivity index (χ1) is 12.7. The molecule has 1 aromatic carbocycles. The van der Waals surface area contributed by atoms with Crippen LogP contribution in [0.4, 0.5) is 0 Å². The predicted octanol–water partition coefficient (Wildman–Crippen LogP) is 1.18. The van der Waals surface area contributed by atoms with E-state index in [1.165, 1.54) is 56.3 Å². The van der Waals surface area contributed by atoms with E-state index in [2.05, 4.69) is 20.8 Å². The summed E-state index contributed by atoms with van der Waals surface area (Å²) in [5.41, 5.74) is 4.34. The average Bonchev–Trinajstić information content (AvgIpc) is 2.66. The lowest BCUT2D eigenvalue weighted by Gasteiger charge is -2.12. The van der Waals surface area contributed by atoms with Crippen LogP contribution in [0.1, 0.15) is 20.8 Å². The van der Waals surface area contributed by atoms with Gasteiger partial charge in [0, 0.05) is 19.7 Å². The van der Waals surface area contributed by atoms with Gasteiger partial charge in [-0.3, -0.25) is 20.4 Å². The molecule has 0 radical (unpaired) electrons. The molecule has 144 valence electrons. The van der Waals surface area contributed by atoms with Crippen LogP contribution in [0.2, 0.25) is 5.02 Å². The number of hydrogen-bond acceptors (Lipinski definition) is 7. The van der Waals surface area contributed by atoms with Crippen LogP contribution in [0, 0.1) is 0 Å². The highest BCUT2D eigenvalue weighted by Crippen LogP contribution is 2.17. The number of hydrazine groups is 1. The zero-order chi connectivity index (χ0) is 20.2. The van der Waals surface area contributed by atoms with E-state index in [0.29, 0.717) is 5.16 Å². The van der Waals surface area contributed by atoms with Crippen LogP contribution < -0.4 is 10.9 Å². The highest BCUT2D eigenvalue weighted by atomic mass is 35.5. The third-order valence-electron chi connectivity index (χ3n) is 3.28. The molecular formula is C15H16ClN5O4S2. The van der Waals surface area contributed by atoms with Crippen molar-refractivity contribution >= 4 is 45.2 Å². The monoisotopic (exact) mass is 429 g/mol. The van der Waals surface area contributed by atoms with E-state index >= 15 is 0 Å². The number of nitrogens with zero attached hydrogens (tertiary/aromatic N) is 3. The normalized spacial score (nSPS) is 11.3. The Morgan fingerprint density at radius 1 is 1.19 bits per heavy atom. The quantitative estimate of drug-likeness (QED) is 0.415. The third kappa shape index (κ3) is 4.95. The van der Waals surface area contributed by atoms with Gasteiger partial charge in [-0.15, -0.1) is 0 Å². The Labute approximate surface area is 165 Å². The molecule has 0 saturated heterocycles. The smallest absolute Gasteiger partial charge is 0.267 e. The molecule has 2 aromatic rings. The highest BCUT2D eigenvalue weighted by Gasteiger charge is 2.19. The number of amides is 2. The summed E-state index contributed by atoms with van der Waals surface area (Å²) in [5.74, 6) is -1.43. The van der Waals surface area contributed by atoms with Crippen LogP contribution in [0.3, 0.4) is 0 Å². The summed E-state index contributed by atoms with van der Waals surface area (Å²) >= 11 is 7.13. The van der Waals surface area contributed by atoms with Crippen molar-refractivity contribution in [3.63, 3.8) is 0 Å². The number of hydrogen-bond donors (Lipinski definition) is 2. The second kappa shape index (κ2) is 8.65. The fourth-order valence-electron chi connectivity index (χ4n) is 1.86. The Balaban J connectivity index is 2.14. The summed E-state index contributed by atoms with van der Waals surface area (Å²) in [6, 6.07) is 5.43. The number of nitrogens with one attached hydrogen (secondary N) is 2. The molecule has 0 spiro atoms. The van der Waals surface area contributed by atoms with Gasteiger partial charge in [-0.05, 0) is 24.5 Å². The van der Waals surface area contributed by atoms with Gasteiger partial charge in [0.1, 0.15) is 0 Å². The van der Waals surface area contributed by atoms with Crippen LogP contribution in [0.15, 0.2) is 40.5 Å². The third-order valence-corrected chi connectivity index (χ3v) is 5.93. The molecule has 0 aliphatic carbocycles. The largest absolute Gasteiger partial charge is 0.289 e. The maximum absolute atomic E-state index is 12.2. The number of halogens is 1. The molecule has 0 aliphatic rings. The summed E-state index contributed by atoms with van der Waals surface area (Å²) in [6.07, 6.45) is 3.02. The summed E-state index contributed by atoms with van der Waals surface area (Å²) in [5, 5.41) is 0.371. The second-order valence-corrected chi connectivity index (χ2v) is 8.61. The van der Waals surface area contributed by atoms with E-state index in [-0.39, 0.29) is 21.2 Å². The summed E-state index contributed by atoms with van der Waals surface area (Å²) in [7, 11) is -0.920. The lowest BCUT2D eigenvalue weighted by Crippen LogP contribution is -2.42. The van der Waals surface area contributed by atoms with E-state index < -0.39 is 21.8 Å². The Hall–Kier alpha value is -2.21. The number of thioether (sulfide) groups is 1. The maximum atomic E-state index is 12.2. The van der Waals surface area contributed by atoms with Crippen molar-refractivity contribution in [1.82, 2.24) is 25.1 Å².